The Morgan fingerprint density at radius 2 is 1.59 bits per heavy atom. The lowest BCUT2D eigenvalue weighted by atomic mass is 10.1. The van der Waals surface area contributed by atoms with Crippen molar-refractivity contribution in [2.45, 2.75) is 6.92 Å². The zero-order chi connectivity index (χ0) is 15.9. The van der Waals surface area contributed by atoms with E-state index in [1.807, 2.05) is 30.3 Å². The van der Waals surface area contributed by atoms with Crippen LogP contribution in [0.4, 0.5) is 4.39 Å². The van der Waals surface area contributed by atoms with Gasteiger partial charge in [-0.15, -0.1) is 0 Å². The molecule has 0 saturated heterocycles. The number of ketones is 1. The van der Waals surface area contributed by atoms with Crippen molar-refractivity contribution >= 4 is 17.9 Å². The van der Waals surface area contributed by atoms with E-state index in [2.05, 4.69) is 0 Å². The number of hydrogen-bond donors (Lipinski definition) is 0. The van der Waals surface area contributed by atoms with Gasteiger partial charge in [0.15, 0.2) is 5.78 Å². The van der Waals surface area contributed by atoms with Crippen LogP contribution in [-0.4, -0.2) is 12.9 Å². The van der Waals surface area contributed by atoms with Crippen molar-refractivity contribution in [2.75, 3.05) is 7.11 Å². The van der Waals surface area contributed by atoms with Crippen molar-refractivity contribution in [1.82, 2.24) is 0 Å². The second-order valence-corrected chi connectivity index (χ2v) is 4.85. The Hall–Kier alpha value is -2.68. The lowest BCUT2D eigenvalue weighted by Gasteiger charge is -2.00. The molecule has 0 spiro atoms. The van der Waals surface area contributed by atoms with Gasteiger partial charge < -0.3 is 4.74 Å². The molecule has 0 aliphatic carbocycles. The van der Waals surface area contributed by atoms with E-state index in [0.717, 1.165) is 16.9 Å². The summed E-state index contributed by atoms with van der Waals surface area (Å²) in [5, 5.41) is 0. The lowest BCUT2D eigenvalue weighted by molar-refractivity contribution is -0.111. The van der Waals surface area contributed by atoms with Gasteiger partial charge in [0.1, 0.15) is 11.6 Å². The molecule has 0 fully saturated rings. The Bertz CT molecular complexity index is 695. The van der Waals surface area contributed by atoms with Crippen molar-refractivity contribution < 1.29 is 13.9 Å². The molecular weight excluding hydrogens is 279 g/mol. The third-order valence-corrected chi connectivity index (χ3v) is 3.18. The van der Waals surface area contributed by atoms with Gasteiger partial charge in [-0.25, -0.2) is 4.39 Å². The van der Waals surface area contributed by atoms with E-state index in [9.17, 15) is 9.18 Å². The van der Waals surface area contributed by atoms with Crippen LogP contribution in [0.3, 0.4) is 0 Å². The second-order valence-electron chi connectivity index (χ2n) is 4.85. The molecule has 0 amide bonds. The summed E-state index contributed by atoms with van der Waals surface area (Å²) in [6.45, 7) is 1.77. The van der Waals surface area contributed by atoms with Gasteiger partial charge in [0.2, 0.25) is 0 Å². The van der Waals surface area contributed by atoms with E-state index in [-0.39, 0.29) is 11.6 Å². The molecule has 0 unspecified atom stereocenters. The summed E-state index contributed by atoms with van der Waals surface area (Å²) in [6, 6.07) is 13.5. The molecule has 0 aliphatic rings. The van der Waals surface area contributed by atoms with Gasteiger partial charge in [0, 0.05) is 0 Å². The van der Waals surface area contributed by atoms with Crippen LogP contribution in [-0.2, 0) is 4.79 Å². The van der Waals surface area contributed by atoms with Crippen LogP contribution in [0.2, 0.25) is 0 Å². The second kappa shape index (κ2) is 7.36. The minimum atomic E-state index is -0.293. The summed E-state index contributed by atoms with van der Waals surface area (Å²) in [6.07, 6.45) is 4.98. The third kappa shape index (κ3) is 4.42. The number of carbonyl (C=O) groups excluding carboxylic acids is 1. The molecule has 0 saturated carbocycles. The number of rotatable bonds is 5. The van der Waals surface area contributed by atoms with E-state index in [1.54, 1.807) is 32.2 Å². The molecule has 2 aromatic rings. The fourth-order valence-corrected chi connectivity index (χ4v) is 1.90. The van der Waals surface area contributed by atoms with Gasteiger partial charge in [0.25, 0.3) is 0 Å². The highest BCUT2D eigenvalue weighted by Crippen LogP contribution is 2.14. The number of hydrogen-bond acceptors (Lipinski definition) is 2. The Kier molecular flexibility index (Phi) is 5.26. The molecule has 0 radical (unpaired) electrons. The molecular formula is C19H17FO2. The van der Waals surface area contributed by atoms with Crippen LogP contribution in [0.5, 0.6) is 5.75 Å². The quantitative estimate of drug-likeness (QED) is 0.758. The van der Waals surface area contributed by atoms with Gasteiger partial charge in [0.05, 0.1) is 7.11 Å². The van der Waals surface area contributed by atoms with Gasteiger partial charge >= 0.3 is 0 Å². The number of methoxy groups -OCH3 is 1. The summed E-state index contributed by atoms with van der Waals surface area (Å²) in [7, 11) is 1.61. The highest BCUT2D eigenvalue weighted by molar-refractivity contribution is 6.08. The monoisotopic (exact) mass is 296 g/mol. The summed E-state index contributed by atoms with van der Waals surface area (Å²) >= 11 is 0. The maximum atomic E-state index is 12.8. The largest absolute Gasteiger partial charge is 0.497 e. The molecule has 0 aliphatic heterocycles. The van der Waals surface area contributed by atoms with Gasteiger partial charge in [-0.2, -0.15) is 0 Å². The first-order chi connectivity index (χ1) is 10.6. The molecule has 2 nitrogen and oxygen atoms in total. The average Bonchev–Trinajstić information content (AvgIpc) is 2.54. The summed E-state index contributed by atoms with van der Waals surface area (Å²) in [5.74, 6) is 0.400. The molecule has 0 N–H and O–H groups in total. The molecule has 22 heavy (non-hydrogen) atoms. The van der Waals surface area contributed by atoms with E-state index >= 15 is 0 Å². The number of benzene rings is 2. The molecule has 0 aromatic heterocycles. The van der Waals surface area contributed by atoms with Crippen LogP contribution in [0, 0.1) is 5.82 Å². The van der Waals surface area contributed by atoms with Crippen molar-refractivity contribution in [2.24, 2.45) is 0 Å². The predicted octanol–water partition coefficient (Wildman–Crippen LogP) is 4.52. The summed E-state index contributed by atoms with van der Waals surface area (Å²) in [4.78, 5) is 12.1. The molecule has 112 valence electrons. The van der Waals surface area contributed by atoms with E-state index in [0.29, 0.717) is 5.57 Å². The minimum Gasteiger partial charge on any atom is -0.497 e. The van der Waals surface area contributed by atoms with E-state index in [4.69, 9.17) is 4.74 Å². The van der Waals surface area contributed by atoms with Crippen LogP contribution >= 0.6 is 0 Å². The molecule has 0 bridgehead atoms. The first-order valence-corrected chi connectivity index (χ1v) is 6.89. The number of halogens is 1. The number of allylic oxidation sites excluding steroid dienone is 2. The fourth-order valence-electron chi connectivity index (χ4n) is 1.90. The lowest BCUT2D eigenvalue weighted by Crippen LogP contribution is -1.94. The zero-order valence-electron chi connectivity index (χ0n) is 12.5. The molecule has 0 atom stereocenters. The van der Waals surface area contributed by atoms with Crippen LogP contribution in [0.25, 0.3) is 12.2 Å². The molecule has 0 heterocycles. The van der Waals surface area contributed by atoms with Crippen LogP contribution < -0.4 is 4.74 Å². The Morgan fingerprint density at radius 1 is 1.00 bits per heavy atom. The zero-order valence-corrected chi connectivity index (χ0v) is 12.5. The Balaban J connectivity index is 2.07. The van der Waals surface area contributed by atoms with Crippen molar-refractivity contribution in [1.29, 1.82) is 0 Å². The Morgan fingerprint density at radius 3 is 2.18 bits per heavy atom. The van der Waals surface area contributed by atoms with Crippen LogP contribution in [0.15, 0.2) is 60.2 Å². The van der Waals surface area contributed by atoms with Crippen LogP contribution in [0.1, 0.15) is 18.1 Å². The number of ether oxygens (including phenoxy) is 1. The van der Waals surface area contributed by atoms with E-state index in [1.165, 1.54) is 18.2 Å². The van der Waals surface area contributed by atoms with Crippen molar-refractivity contribution in [3.63, 3.8) is 0 Å². The Labute approximate surface area is 129 Å². The smallest absolute Gasteiger partial charge is 0.181 e. The highest BCUT2D eigenvalue weighted by atomic mass is 19.1. The normalized spacial score (nSPS) is 11.7. The third-order valence-electron chi connectivity index (χ3n) is 3.18. The maximum Gasteiger partial charge on any atom is 0.181 e. The topological polar surface area (TPSA) is 26.3 Å². The maximum absolute atomic E-state index is 12.8. The average molecular weight is 296 g/mol. The molecule has 3 heteroatoms. The minimum absolute atomic E-state index is 0.0832. The van der Waals surface area contributed by atoms with Gasteiger partial charge in [-0.1, -0.05) is 30.3 Å². The fraction of sp³-hybridized carbons (Fsp3) is 0.105. The first-order valence-electron chi connectivity index (χ1n) is 6.89. The van der Waals surface area contributed by atoms with Gasteiger partial charge in [-0.3, -0.25) is 4.79 Å². The highest BCUT2D eigenvalue weighted by Gasteiger charge is 2.01. The summed E-state index contributed by atoms with van der Waals surface area (Å²) < 4.78 is 17.9. The summed E-state index contributed by atoms with van der Waals surface area (Å²) in [5.41, 5.74) is 2.34. The van der Waals surface area contributed by atoms with Crippen molar-refractivity contribution in [3.05, 3.63) is 77.1 Å². The standard InChI is InChI=1S/C19H17FO2/c1-14(13-16-5-10-18(22-2)11-6-16)19(21)12-7-15-3-8-17(20)9-4-15/h3-13H,1-2H3/b12-7+,14-13+. The van der Waals surface area contributed by atoms with Gasteiger partial charge in [-0.05, 0) is 60.0 Å². The first kappa shape index (κ1) is 15.7. The SMILES string of the molecule is COc1ccc(/C=C(\C)C(=O)/C=C/c2ccc(F)cc2)cc1. The van der Waals surface area contributed by atoms with Crippen molar-refractivity contribution in [3.8, 4) is 5.75 Å². The molecule has 2 rings (SSSR count). The van der Waals surface area contributed by atoms with E-state index < -0.39 is 0 Å². The molecule has 2 aromatic carbocycles. The number of carbonyl (C=O) groups is 1. The predicted molar refractivity (Wildman–Crippen MR) is 87.1 cm³/mol.